The fourth-order valence-corrected chi connectivity index (χ4v) is 1.54. The first-order chi connectivity index (χ1) is 9.80. The molecule has 0 radical (unpaired) electrons. The van der Waals surface area contributed by atoms with Crippen LogP contribution in [-0.2, 0) is 20.9 Å². The highest BCUT2D eigenvalue weighted by Crippen LogP contribution is 2.12. The summed E-state index contributed by atoms with van der Waals surface area (Å²) in [6.45, 7) is 5.38. The zero-order chi connectivity index (χ0) is 15.9. The molecular formula is C15H21NO5. The first kappa shape index (κ1) is 17.0. The third-order valence-corrected chi connectivity index (χ3v) is 2.63. The molecule has 0 aromatic heterocycles. The van der Waals surface area contributed by atoms with Gasteiger partial charge in [0, 0.05) is 0 Å². The summed E-state index contributed by atoms with van der Waals surface area (Å²) in [4.78, 5) is 22.2. The molecule has 0 saturated heterocycles. The van der Waals surface area contributed by atoms with Crippen LogP contribution in [0.25, 0.3) is 0 Å². The fourth-order valence-electron chi connectivity index (χ4n) is 1.54. The zero-order valence-corrected chi connectivity index (χ0v) is 12.5. The number of alkyl carbamates (subject to hydrolysis) is 1. The van der Waals surface area contributed by atoms with Crippen molar-refractivity contribution in [3.05, 3.63) is 35.9 Å². The van der Waals surface area contributed by atoms with E-state index in [1.165, 1.54) is 6.92 Å². The van der Waals surface area contributed by atoms with Gasteiger partial charge in [-0.2, -0.15) is 0 Å². The van der Waals surface area contributed by atoms with Crippen LogP contribution in [0.15, 0.2) is 30.3 Å². The maximum atomic E-state index is 11.6. The molecule has 1 rings (SSSR count). The SMILES string of the molecule is C[C@H](NC(=O)OC(C)(C)COCc1ccccc1)C(=O)O. The van der Waals surface area contributed by atoms with Gasteiger partial charge in [-0.1, -0.05) is 30.3 Å². The molecule has 21 heavy (non-hydrogen) atoms. The predicted octanol–water partition coefficient (Wildman–Crippen LogP) is 2.18. The van der Waals surface area contributed by atoms with E-state index in [4.69, 9.17) is 14.6 Å². The minimum atomic E-state index is -1.12. The number of carboxylic acid groups (broad SMARTS) is 1. The lowest BCUT2D eigenvalue weighted by Crippen LogP contribution is -2.43. The van der Waals surface area contributed by atoms with Gasteiger partial charge in [0.15, 0.2) is 0 Å². The summed E-state index contributed by atoms with van der Waals surface area (Å²) in [6.07, 6.45) is -0.779. The van der Waals surface area contributed by atoms with Crippen LogP contribution < -0.4 is 5.32 Å². The van der Waals surface area contributed by atoms with Gasteiger partial charge in [-0.25, -0.2) is 4.79 Å². The fraction of sp³-hybridized carbons (Fsp3) is 0.467. The second-order valence-electron chi connectivity index (χ2n) is 5.33. The van der Waals surface area contributed by atoms with Gasteiger partial charge in [0.1, 0.15) is 11.6 Å². The van der Waals surface area contributed by atoms with Gasteiger partial charge in [-0.05, 0) is 26.3 Å². The van der Waals surface area contributed by atoms with Gasteiger partial charge in [0.05, 0.1) is 13.2 Å². The Balaban J connectivity index is 2.35. The Kier molecular flexibility index (Phi) is 6.17. The average molecular weight is 295 g/mol. The number of nitrogens with one attached hydrogen (secondary N) is 1. The van der Waals surface area contributed by atoms with Gasteiger partial charge < -0.3 is 19.9 Å². The highest BCUT2D eigenvalue weighted by molar-refractivity contribution is 5.79. The normalized spacial score (nSPS) is 12.5. The zero-order valence-electron chi connectivity index (χ0n) is 12.5. The van der Waals surface area contributed by atoms with E-state index in [9.17, 15) is 9.59 Å². The van der Waals surface area contributed by atoms with Crippen LogP contribution in [0.5, 0.6) is 0 Å². The van der Waals surface area contributed by atoms with Crippen LogP contribution in [0.2, 0.25) is 0 Å². The predicted molar refractivity (Wildman–Crippen MR) is 76.9 cm³/mol. The van der Waals surface area contributed by atoms with Crippen LogP contribution in [0.4, 0.5) is 4.79 Å². The van der Waals surface area contributed by atoms with Gasteiger partial charge in [0.25, 0.3) is 0 Å². The van der Waals surface area contributed by atoms with Gasteiger partial charge >= 0.3 is 12.1 Å². The van der Waals surface area contributed by atoms with Crippen LogP contribution >= 0.6 is 0 Å². The van der Waals surface area contributed by atoms with E-state index in [-0.39, 0.29) is 6.61 Å². The van der Waals surface area contributed by atoms with Crippen molar-refractivity contribution < 1.29 is 24.2 Å². The number of carbonyl (C=O) groups is 2. The summed E-state index contributed by atoms with van der Waals surface area (Å²) in [7, 11) is 0. The van der Waals surface area contributed by atoms with E-state index < -0.39 is 23.7 Å². The summed E-state index contributed by atoms with van der Waals surface area (Å²) in [5, 5.41) is 10.9. The Bertz CT molecular complexity index is 472. The Morgan fingerprint density at radius 1 is 1.29 bits per heavy atom. The molecule has 0 saturated carbocycles. The smallest absolute Gasteiger partial charge is 0.408 e. The third kappa shape index (κ3) is 6.76. The highest BCUT2D eigenvalue weighted by Gasteiger charge is 2.25. The quantitative estimate of drug-likeness (QED) is 0.805. The van der Waals surface area contributed by atoms with E-state index in [0.29, 0.717) is 6.61 Å². The average Bonchev–Trinajstić information content (AvgIpc) is 2.38. The molecule has 0 aliphatic carbocycles. The minimum Gasteiger partial charge on any atom is -0.480 e. The molecule has 6 heteroatoms. The molecule has 2 N–H and O–H groups in total. The van der Waals surface area contributed by atoms with E-state index in [0.717, 1.165) is 5.56 Å². The van der Waals surface area contributed by atoms with Crippen LogP contribution in [0.1, 0.15) is 26.3 Å². The van der Waals surface area contributed by atoms with Crippen molar-refractivity contribution in [1.82, 2.24) is 5.32 Å². The number of benzene rings is 1. The number of carboxylic acids is 1. The first-order valence-corrected chi connectivity index (χ1v) is 6.64. The van der Waals surface area contributed by atoms with Crippen molar-refractivity contribution in [1.29, 1.82) is 0 Å². The second kappa shape index (κ2) is 7.64. The molecule has 0 fully saturated rings. The maximum absolute atomic E-state index is 11.6. The van der Waals surface area contributed by atoms with Crippen molar-refractivity contribution in [2.24, 2.45) is 0 Å². The third-order valence-electron chi connectivity index (χ3n) is 2.63. The molecule has 1 aromatic rings. The molecule has 0 unspecified atom stereocenters. The Morgan fingerprint density at radius 3 is 2.48 bits per heavy atom. The molecule has 1 amide bonds. The van der Waals surface area contributed by atoms with Gasteiger partial charge in [0.2, 0.25) is 0 Å². The summed E-state index contributed by atoms with van der Waals surface area (Å²) >= 11 is 0. The van der Waals surface area contributed by atoms with Crippen molar-refractivity contribution in [2.75, 3.05) is 6.61 Å². The molecule has 1 atom stereocenters. The van der Waals surface area contributed by atoms with Gasteiger partial charge in [-0.3, -0.25) is 4.79 Å². The number of amides is 1. The lowest BCUT2D eigenvalue weighted by molar-refractivity contribution is -0.139. The molecule has 0 bridgehead atoms. The summed E-state index contributed by atoms with van der Waals surface area (Å²) in [5.41, 5.74) is 0.175. The van der Waals surface area contributed by atoms with Crippen LogP contribution in [0, 0.1) is 0 Å². The number of hydrogen-bond donors (Lipinski definition) is 2. The van der Waals surface area contributed by atoms with Crippen molar-refractivity contribution >= 4 is 12.1 Å². The summed E-state index contributed by atoms with van der Waals surface area (Å²) in [5.74, 6) is -1.12. The molecule has 6 nitrogen and oxygen atoms in total. The molecule has 0 aliphatic heterocycles. The van der Waals surface area contributed by atoms with Crippen molar-refractivity contribution in [2.45, 2.75) is 39.0 Å². The lowest BCUT2D eigenvalue weighted by atomic mass is 10.1. The van der Waals surface area contributed by atoms with E-state index in [2.05, 4.69) is 5.32 Å². The topological polar surface area (TPSA) is 84.9 Å². The number of aliphatic carboxylic acids is 1. The second-order valence-corrected chi connectivity index (χ2v) is 5.33. The van der Waals surface area contributed by atoms with E-state index in [1.807, 2.05) is 30.3 Å². The summed E-state index contributed by atoms with van der Waals surface area (Å²) in [6, 6.07) is 8.63. The van der Waals surface area contributed by atoms with Crippen molar-refractivity contribution in [3.8, 4) is 0 Å². The maximum Gasteiger partial charge on any atom is 0.408 e. The van der Waals surface area contributed by atoms with Crippen LogP contribution in [0.3, 0.4) is 0 Å². The lowest BCUT2D eigenvalue weighted by Gasteiger charge is -2.25. The largest absolute Gasteiger partial charge is 0.480 e. The molecule has 0 spiro atoms. The Labute approximate surface area is 124 Å². The molecule has 0 aliphatic rings. The summed E-state index contributed by atoms with van der Waals surface area (Å²) < 4.78 is 10.7. The van der Waals surface area contributed by atoms with Gasteiger partial charge in [-0.15, -0.1) is 0 Å². The van der Waals surface area contributed by atoms with E-state index in [1.54, 1.807) is 13.8 Å². The number of ether oxygens (including phenoxy) is 2. The Hall–Kier alpha value is -2.08. The Morgan fingerprint density at radius 2 is 1.90 bits per heavy atom. The highest BCUT2D eigenvalue weighted by atomic mass is 16.6. The van der Waals surface area contributed by atoms with E-state index >= 15 is 0 Å². The van der Waals surface area contributed by atoms with Crippen molar-refractivity contribution in [3.63, 3.8) is 0 Å². The number of hydrogen-bond acceptors (Lipinski definition) is 4. The monoisotopic (exact) mass is 295 g/mol. The molecular weight excluding hydrogens is 274 g/mol. The number of carbonyl (C=O) groups excluding carboxylic acids is 1. The molecule has 0 heterocycles. The molecule has 1 aromatic carbocycles. The minimum absolute atomic E-state index is 0.205. The molecule has 116 valence electrons. The number of rotatable bonds is 7. The van der Waals surface area contributed by atoms with Crippen LogP contribution in [-0.4, -0.2) is 35.4 Å². The first-order valence-electron chi connectivity index (χ1n) is 6.64. The standard InChI is InChI=1S/C15H21NO5/c1-11(13(17)18)16-14(19)21-15(2,3)10-20-9-12-7-5-4-6-8-12/h4-8,11H,9-10H2,1-3H3,(H,16,19)(H,17,18)/t11-/m0/s1.